The highest BCUT2D eigenvalue weighted by Gasteiger charge is 2.19. The van der Waals surface area contributed by atoms with Crippen molar-refractivity contribution < 1.29 is 14.3 Å². The van der Waals surface area contributed by atoms with E-state index in [4.69, 9.17) is 16.3 Å². The van der Waals surface area contributed by atoms with Gasteiger partial charge in [0.25, 0.3) is 5.91 Å². The second kappa shape index (κ2) is 3.98. The second-order valence-corrected chi connectivity index (χ2v) is 3.64. The summed E-state index contributed by atoms with van der Waals surface area (Å²) in [4.78, 5) is 22.5. The molecular formula is C11H8ClNO3. The van der Waals surface area contributed by atoms with Crippen LogP contribution in [-0.4, -0.2) is 18.3 Å². The first kappa shape index (κ1) is 10.7. The van der Waals surface area contributed by atoms with E-state index in [0.717, 1.165) is 0 Å². The summed E-state index contributed by atoms with van der Waals surface area (Å²) in [6.07, 6.45) is 1.18. The van der Waals surface area contributed by atoms with E-state index in [2.05, 4.69) is 11.9 Å². The van der Waals surface area contributed by atoms with Crippen molar-refractivity contribution >= 4 is 29.0 Å². The van der Waals surface area contributed by atoms with Crippen LogP contribution < -0.4 is 10.1 Å². The summed E-state index contributed by atoms with van der Waals surface area (Å²) in [6, 6.07) is 2.99. The molecule has 1 aliphatic rings. The van der Waals surface area contributed by atoms with Gasteiger partial charge in [-0.05, 0) is 18.2 Å². The Bertz CT molecular complexity index is 496. The SMILES string of the molecule is C=CC(=O)c1cc2c(cc1Cl)NC(=O)CO2. The monoisotopic (exact) mass is 237 g/mol. The number of carbonyl (C=O) groups excluding carboxylic acids is 2. The van der Waals surface area contributed by atoms with Crippen LogP contribution in [0.25, 0.3) is 0 Å². The van der Waals surface area contributed by atoms with E-state index in [1.165, 1.54) is 18.2 Å². The molecule has 2 rings (SSSR count). The van der Waals surface area contributed by atoms with Crippen molar-refractivity contribution in [2.75, 3.05) is 11.9 Å². The van der Waals surface area contributed by atoms with Crippen LogP contribution in [0.4, 0.5) is 5.69 Å². The third-order valence-electron chi connectivity index (χ3n) is 2.15. The summed E-state index contributed by atoms with van der Waals surface area (Å²) in [7, 11) is 0. The van der Waals surface area contributed by atoms with Crippen LogP contribution in [0.5, 0.6) is 5.75 Å². The van der Waals surface area contributed by atoms with Crippen LogP contribution in [0.15, 0.2) is 24.8 Å². The molecule has 0 unspecified atom stereocenters. The van der Waals surface area contributed by atoms with E-state index >= 15 is 0 Å². The lowest BCUT2D eigenvalue weighted by atomic mass is 10.1. The first-order chi connectivity index (χ1) is 7.61. The third-order valence-corrected chi connectivity index (χ3v) is 2.47. The lowest BCUT2D eigenvalue weighted by Gasteiger charge is -2.18. The van der Waals surface area contributed by atoms with Gasteiger partial charge in [0.1, 0.15) is 5.75 Å². The molecule has 0 spiro atoms. The van der Waals surface area contributed by atoms with E-state index in [9.17, 15) is 9.59 Å². The molecule has 0 aromatic heterocycles. The molecule has 4 nitrogen and oxygen atoms in total. The van der Waals surface area contributed by atoms with Gasteiger partial charge in [0.05, 0.1) is 10.7 Å². The molecule has 0 saturated carbocycles. The number of nitrogens with one attached hydrogen (secondary N) is 1. The summed E-state index contributed by atoms with van der Waals surface area (Å²) in [5.41, 5.74) is 0.786. The molecule has 0 aliphatic carbocycles. The minimum Gasteiger partial charge on any atom is -0.482 e. The van der Waals surface area contributed by atoms with Crippen molar-refractivity contribution in [1.82, 2.24) is 0 Å². The van der Waals surface area contributed by atoms with Gasteiger partial charge in [0.2, 0.25) is 0 Å². The van der Waals surface area contributed by atoms with Crippen LogP contribution >= 0.6 is 11.6 Å². The number of hydrogen-bond acceptors (Lipinski definition) is 3. The van der Waals surface area contributed by atoms with Gasteiger partial charge in [-0.1, -0.05) is 18.2 Å². The van der Waals surface area contributed by atoms with Crippen molar-refractivity contribution in [1.29, 1.82) is 0 Å². The quantitative estimate of drug-likeness (QED) is 0.633. The highest BCUT2D eigenvalue weighted by Crippen LogP contribution is 2.33. The number of carbonyl (C=O) groups is 2. The van der Waals surface area contributed by atoms with Crippen molar-refractivity contribution in [3.8, 4) is 5.75 Å². The maximum absolute atomic E-state index is 11.4. The van der Waals surface area contributed by atoms with Gasteiger partial charge in [-0.15, -0.1) is 0 Å². The molecule has 0 bridgehead atoms. The Kier molecular flexibility index (Phi) is 2.66. The van der Waals surface area contributed by atoms with E-state index < -0.39 is 0 Å². The zero-order chi connectivity index (χ0) is 11.7. The number of ether oxygens (including phenoxy) is 1. The van der Waals surface area contributed by atoms with Gasteiger partial charge < -0.3 is 10.1 Å². The fourth-order valence-electron chi connectivity index (χ4n) is 1.40. The van der Waals surface area contributed by atoms with Gasteiger partial charge in [0, 0.05) is 5.56 Å². The number of amides is 1. The van der Waals surface area contributed by atoms with Crippen LogP contribution in [0.2, 0.25) is 5.02 Å². The molecule has 1 heterocycles. The minimum absolute atomic E-state index is 0.0592. The zero-order valence-corrected chi connectivity index (χ0v) is 9.00. The third kappa shape index (κ3) is 1.79. The van der Waals surface area contributed by atoms with Gasteiger partial charge in [-0.2, -0.15) is 0 Å². The lowest BCUT2D eigenvalue weighted by molar-refractivity contribution is -0.118. The van der Waals surface area contributed by atoms with E-state index in [1.807, 2.05) is 0 Å². The predicted octanol–water partition coefficient (Wildman–Crippen LogP) is 2.04. The summed E-state index contributed by atoms with van der Waals surface area (Å²) in [6.45, 7) is 3.32. The molecule has 0 radical (unpaired) electrons. The molecule has 5 heteroatoms. The molecule has 1 aromatic rings. The normalized spacial score (nSPS) is 13.4. The fraction of sp³-hybridized carbons (Fsp3) is 0.0909. The van der Waals surface area contributed by atoms with Crippen molar-refractivity contribution in [2.24, 2.45) is 0 Å². The van der Waals surface area contributed by atoms with E-state index in [0.29, 0.717) is 17.0 Å². The van der Waals surface area contributed by atoms with Crippen LogP contribution in [-0.2, 0) is 4.79 Å². The molecule has 0 fully saturated rings. The number of rotatable bonds is 2. The zero-order valence-electron chi connectivity index (χ0n) is 8.25. The van der Waals surface area contributed by atoms with Gasteiger partial charge in [0.15, 0.2) is 12.4 Å². The van der Waals surface area contributed by atoms with Gasteiger partial charge in [-0.25, -0.2) is 0 Å². The maximum atomic E-state index is 11.4. The Morgan fingerprint density at radius 1 is 1.56 bits per heavy atom. The van der Waals surface area contributed by atoms with Crippen molar-refractivity contribution in [3.05, 3.63) is 35.4 Å². The standard InChI is InChI=1S/C11H8ClNO3/c1-2-9(14)6-3-10-8(4-7(6)12)13-11(15)5-16-10/h2-4H,1,5H2,(H,13,15). The van der Waals surface area contributed by atoms with Crippen LogP contribution in [0.1, 0.15) is 10.4 Å². The Morgan fingerprint density at radius 2 is 2.31 bits per heavy atom. The fourth-order valence-corrected chi connectivity index (χ4v) is 1.66. The first-order valence-electron chi connectivity index (χ1n) is 4.55. The van der Waals surface area contributed by atoms with Gasteiger partial charge in [-0.3, -0.25) is 9.59 Å². The molecule has 16 heavy (non-hydrogen) atoms. The van der Waals surface area contributed by atoms with Crippen LogP contribution in [0, 0.1) is 0 Å². The molecule has 1 N–H and O–H groups in total. The molecular weight excluding hydrogens is 230 g/mol. The Balaban J connectivity index is 2.49. The largest absolute Gasteiger partial charge is 0.482 e. The highest BCUT2D eigenvalue weighted by molar-refractivity contribution is 6.35. The second-order valence-electron chi connectivity index (χ2n) is 3.23. The minimum atomic E-state index is -0.284. The topological polar surface area (TPSA) is 55.4 Å². The highest BCUT2D eigenvalue weighted by atomic mass is 35.5. The number of halogens is 1. The number of hydrogen-bond donors (Lipinski definition) is 1. The average Bonchev–Trinajstić information content (AvgIpc) is 2.27. The first-order valence-corrected chi connectivity index (χ1v) is 4.92. The Morgan fingerprint density at radius 3 is 3.00 bits per heavy atom. The number of allylic oxidation sites excluding steroid dienone is 1. The molecule has 82 valence electrons. The summed E-state index contributed by atoms with van der Waals surface area (Å²) < 4.78 is 5.17. The average molecular weight is 238 g/mol. The maximum Gasteiger partial charge on any atom is 0.262 e. The lowest BCUT2D eigenvalue weighted by Crippen LogP contribution is -2.25. The number of benzene rings is 1. The van der Waals surface area contributed by atoms with Gasteiger partial charge >= 0.3 is 0 Å². The predicted molar refractivity (Wildman–Crippen MR) is 60.1 cm³/mol. The summed E-state index contributed by atoms with van der Waals surface area (Å²) >= 11 is 5.91. The number of fused-ring (bicyclic) bond motifs is 1. The number of ketones is 1. The molecule has 1 amide bonds. The molecule has 1 aliphatic heterocycles. The Hall–Kier alpha value is -1.81. The van der Waals surface area contributed by atoms with E-state index in [-0.39, 0.29) is 23.3 Å². The molecule has 1 aromatic carbocycles. The molecule has 0 saturated heterocycles. The summed E-state index contributed by atoms with van der Waals surface area (Å²) in [5.74, 6) is -0.0890. The number of anilines is 1. The Labute approximate surface area is 96.9 Å². The smallest absolute Gasteiger partial charge is 0.262 e. The van der Waals surface area contributed by atoms with Crippen molar-refractivity contribution in [3.63, 3.8) is 0 Å². The van der Waals surface area contributed by atoms with Crippen molar-refractivity contribution in [2.45, 2.75) is 0 Å². The van der Waals surface area contributed by atoms with Crippen LogP contribution in [0.3, 0.4) is 0 Å². The molecule has 0 atom stereocenters. The summed E-state index contributed by atoms with van der Waals surface area (Å²) in [5, 5.41) is 2.86. The van der Waals surface area contributed by atoms with E-state index in [1.54, 1.807) is 0 Å².